The summed E-state index contributed by atoms with van der Waals surface area (Å²) in [5.41, 5.74) is 0.358. The minimum atomic E-state index is -3.22. The van der Waals surface area contributed by atoms with Crippen LogP contribution >= 0.6 is 11.3 Å². The Kier molecular flexibility index (Phi) is 4.36. The van der Waals surface area contributed by atoms with Crippen LogP contribution in [0.5, 0.6) is 0 Å². The topological polar surface area (TPSA) is 97.2 Å². The number of nitrogens with zero attached hydrogens (tertiary/aromatic N) is 4. The number of thiazole rings is 1. The van der Waals surface area contributed by atoms with Crippen LogP contribution in [0, 0.1) is 12.8 Å². The number of imidazole rings is 1. The van der Waals surface area contributed by atoms with Crippen molar-refractivity contribution in [2.45, 2.75) is 24.8 Å². The van der Waals surface area contributed by atoms with Crippen LogP contribution in [0.2, 0.25) is 0 Å². The van der Waals surface area contributed by atoms with E-state index in [4.69, 9.17) is 0 Å². The first kappa shape index (κ1) is 17.6. The van der Waals surface area contributed by atoms with E-state index < -0.39 is 15.1 Å². The molecule has 8 nitrogen and oxygen atoms in total. The number of fused-ring (bicyclic) bond motifs is 1. The van der Waals surface area contributed by atoms with E-state index in [0.717, 1.165) is 10.8 Å². The molecule has 2 fully saturated rings. The van der Waals surface area contributed by atoms with Crippen LogP contribution in [0.15, 0.2) is 17.8 Å². The van der Waals surface area contributed by atoms with Gasteiger partial charge in [-0.05, 0) is 6.92 Å². The van der Waals surface area contributed by atoms with Crippen molar-refractivity contribution >= 4 is 27.1 Å². The smallest absolute Gasteiger partial charge is 0.271 e. The summed E-state index contributed by atoms with van der Waals surface area (Å²) in [7, 11) is -1.29. The Balaban J connectivity index is 1.48. The molecule has 1 N–H and O–H groups in total. The van der Waals surface area contributed by atoms with Crippen LogP contribution in [-0.4, -0.2) is 63.9 Å². The summed E-state index contributed by atoms with van der Waals surface area (Å²) in [6.45, 7) is 3.57. The van der Waals surface area contributed by atoms with Gasteiger partial charge < -0.3 is 9.88 Å². The molecule has 3 atom stereocenters. The number of rotatable bonds is 4. The van der Waals surface area contributed by atoms with Crippen LogP contribution in [-0.2, 0) is 23.4 Å². The van der Waals surface area contributed by atoms with Crippen LogP contribution in [0.4, 0.5) is 0 Å². The summed E-state index contributed by atoms with van der Waals surface area (Å²) in [4.78, 5) is 23.0. The molecule has 1 amide bonds. The lowest BCUT2D eigenvalue weighted by molar-refractivity contribution is 0.0926. The maximum Gasteiger partial charge on any atom is 0.271 e. The fourth-order valence-electron chi connectivity index (χ4n) is 3.88. The third kappa shape index (κ3) is 3.17. The maximum atomic E-state index is 12.6. The van der Waals surface area contributed by atoms with E-state index in [1.807, 2.05) is 24.7 Å². The van der Waals surface area contributed by atoms with Gasteiger partial charge in [0, 0.05) is 49.9 Å². The lowest BCUT2D eigenvalue weighted by Gasteiger charge is -2.20. The van der Waals surface area contributed by atoms with Crippen molar-refractivity contribution in [3.05, 3.63) is 34.3 Å². The fourth-order valence-corrected chi connectivity index (χ4v) is 6.80. The van der Waals surface area contributed by atoms with Gasteiger partial charge in [-0.2, -0.15) is 0 Å². The molecule has 140 valence electrons. The number of nitrogens with one attached hydrogen (secondary N) is 1. The molecule has 0 aromatic carbocycles. The van der Waals surface area contributed by atoms with E-state index in [-0.39, 0.29) is 23.6 Å². The summed E-state index contributed by atoms with van der Waals surface area (Å²) >= 11 is 1.41. The normalized spacial score (nSPS) is 27.5. The molecule has 2 saturated heterocycles. The van der Waals surface area contributed by atoms with Crippen molar-refractivity contribution in [2.24, 2.45) is 13.0 Å². The van der Waals surface area contributed by atoms with E-state index >= 15 is 0 Å². The summed E-state index contributed by atoms with van der Waals surface area (Å²) in [6.07, 6.45) is 3.61. The summed E-state index contributed by atoms with van der Waals surface area (Å²) < 4.78 is 27.1. The fraction of sp³-hybridized carbons (Fsp3) is 0.562. The summed E-state index contributed by atoms with van der Waals surface area (Å²) in [5, 5.41) is 5.00. The molecule has 2 aromatic heterocycles. The largest absolute Gasteiger partial charge is 0.347 e. The molecule has 10 heteroatoms. The zero-order chi connectivity index (χ0) is 18.5. The van der Waals surface area contributed by atoms with Gasteiger partial charge in [0.1, 0.15) is 11.5 Å². The highest BCUT2D eigenvalue weighted by molar-refractivity contribution is 7.92. The highest BCUT2D eigenvalue weighted by Crippen LogP contribution is 2.34. The van der Waals surface area contributed by atoms with Crippen LogP contribution < -0.4 is 5.32 Å². The number of amides is 1. The molecule has 0 radical (unpaired) electrons. The van der Waals surface area contributed by atoms with E-state index in [2.05, 4.69) is 20.2 Å². The van der Waals surface area contributed by atoms with Crippen molar-refractivity contribution < 1.29 is 13.2 Å². The Labute approximate surface area is 156 Å². The number of likely N-dealkylation sites (tertiary alicyclic amines) is 1. The van der Waals surface area contributed by atoms with Gasteiger partial charge in [-0.25, -0.2) is 18.4 Å². The number of hydrogen-bond donors (Lipinski definition) is 1. The second-order valence-corrected chi connectivity index (χ2v) is 10.3. The molecule has 4 rings (SSSR count). The average Bonchev–Trinajstić information content (AvgIpc) is 3.30. The first-order chi connectivity index (χ1) is 12.3. The lowest BCUT2D eigenvalue weighted by Crippen LogP contribution is -2.42. The third-order valence-corrected chi connectivity index (χ3v) is 8.25. The minimum Gasteiger partial charge on any atom is -0.347 e. The van der Waals surface area contributed by atoms with Crippen molar-refractivity contribution in [1.82, 2.24) is 24.8 Å². The van der Waals surface area contributed by atoms with Gasteiger partial charge in [0.2, 0.25) is 0 Å². The maximum absolute atomic E-state index is 12.6. The number of carbonyl (C=O) groups is 1. The van der Waals surface area contributed by atoms with Gasteiger partial charge >= 0.3 is 0 Å². The molecule has 2 aliphatic heterocycles. The van der Waals surface area contributed by atoms with Crippen LogP contribution in [0.25, 0.3) is 0 Å². The molecule has 2 aliphatic rings. The van der Waals surface area contributed by atoms with Crippen LogP contribution in [0.1, 0.15) is 21.3 Å². The molecule has 0 aliphatic carbocycles. The first-order valence-electron chi connectivity index (χ1n) is 8.46. The zero-order valence-electron chi connectivity index (χ0n) is 14.6. The van der Waals surface area contributed by atoms with Gasteiger partial charge in [0.25, 0.3) is 5.91 Å². The van der Waals surface area contributed by atoms with Gasteiger partial charge in [-0.3, -0.25) is 9.69 Å². The van der Waals surface area contributed by atoms with E-state index in [9.17, 15) is 13.2 Å². The van der Waals surface area contributed by atoms with Crippen LogP contribution in [0.3, 0.4) is 0 Å². The number of sulfone groups is 1. The number of aromatic nitrogens is 3. The Morgan fingerprint density at radius 2 is 2.23 bits per heavy atom. The van der Waals surface area contributed by atoms with E-state index in [1.54, 1.807) is 11.6 Å². The van der Waals surface area contributed by atoms with Crippen molar-refractivity contribution in [3.8, 4) is 0 Å². The predicted octanol–water partition coefficient (Wildman–Crippen LogP) is 0.212. The monoisotopic (exact) mass is 395 g/mol. The minimum absolute atomic E-state index is 0.00738. The predicted molar refractivity (Wildman–Crippen MR) is 97.7 cm³/mol. The molecule has 0 bridgehead atoms. The molecule has 0 spiro atoms. The SMILES string of the molecule is Cc1nc(C(=O)N[C@@H]2CS(=O)(=O)[C@H]3CN(Cc4nccn4C)C[C@@H]23)cs1. The van der Waals surface area contributed by atoms with Crippen molar-refractivity contribution in [2.75, 3.05) is 18.8 Å². The Bertz CT molecular complexity index is 935. The summed E-state index contributed by atoms with van der Waals surface area (Å²) in [5.74, 6) is 0.524. The van der Waals surface area contributed by atoms with Gasteiger partial charge in [0.05, 0.1) is 22.6 Å². The number of aryl methyl sites for hydroxylation is 2. The molecular formula is C16H21N5O3S2. The van der Waals surface area contributed by atoms with E-state index in [0.29, 0.717) is 25.3 Å². The second kappa shape index (κ2) is 6.43. The molecule has 26 heavy (non-hydrogen) atoms. The first-order valence-corrected chi connectivity index (χ1v) is 11.1. The lowest BCUT2D eigenvalue weighted by atomic mass is 10.0. The molecular weight excluding hydrogens is 374 g/mol. The second-order valence-electron chi connectivity index (χ2n) is 7.01. The molecule has 0 unspecified atom stereocenters. The third-order valence-electron chi connectivity index (χ3n) is 5.23. The van der Waals surface area contributed by atoms with Crippen molar-refractivity contribution in [1.29, 1.82) is 0 Å². The quantitative estimate of drug-likeness (QED) is 0.795. The standard InChI is InChI=1S/C16H21N5O3S2/c1-10-18-12(8-25-10)16(22)19-13-9-26(23,24)14-6-21(5-11(13)14)7-15-17-3-4-20(15)2/h3-4,8,11,13-14H,5-7,9H2,1-2H3,(H,19,22)/t11-,13+,14-/m0/s1. The molecule has 0 saturated carbocycles. The van der Waals surface area contributed by atoms with E-state index in [1.165, 1.54) is 11.3 Å². The Morgan fingerprint density at radius 3 is 2.88 bits per heavy atom. The highest BCUT2D eigenvalue weighted by atomic mass is 32.2. The number of hydrogen-bond acceptors (Lipinski definition) is 7. The number of carbonyl (C=O) groups excluding carboxylic acids is 1. The molecule has 2 aromatic rings. The zero-order valence-corrected chi connectivity index (χ0v) is 16.3. The van der Waals surface area contributed by atoms with Crippen molar-refractivity contribution in [3.63, 3.8) is 0 Å². The van der Waals surface area contributed by atoms with Gasteiger partial charge in [0.15, 0.2) is 9.84 Å². The van der Waals surface area contributed by atoms with Gasteiger partial charge in [-0.15, -0.1) is 11.3 Å². The Hall–Kier alpha value is -1.78. The highest BCUT2D eigenvalue weighted by Gasteiger charge is 2.52. The van der Waals surface area contributed by atoms with Gasteiger partial charge in [-0.1, -0.05) is 0 Å². The Morgan fingerprint density at radius 1 is 1.42 bits per heavy atom. The molecule has 4 heterocycles. The average molecular weight is 396 g/mol. The summed E-state index contributed by atoms with van der Waals surface area (Å²) in [6, 6.07) is -0.370.